The van der Waals surface area contributed by atoms with E-state index in [9.17, 15) is 4.39 Å². The molecule has 5 heteroatoms. The molecule has 100 valence electrons. The third-order valence-corrected chi connectivity index (χ3v) is 4.49. The van der Waals surface area contributed by atoms with E-state index in [4.69, 9.17) is 11.6 Å². The van der Waals surface area contributed by atoms with E-state index in [1.54, 1.807) is 0 Å². The Hall–Kier alpha value is -0.580. The predicted molar refractivity (Wildman–Crippen MR) is 85.3 cm³/mol. The average molecular weight is 408 g/mol. The lowest BCUT2D eigenvalue weighted by molar-refractivity contribution is 0.627. The van der Waals surface area contributed by atoms with Gasteiger partial charge in [-0.05, 0) is 52.2 Å². The fourth-order valence-corrected chi connectivity index (χ4v) is 3.03. The van der Waals surface area contributed by atoms with Gasteiger partial charge in [0.2, 0.25) is 0 Å². The van der Waals surface area contributed by atoms with Crippen molar-refractivity contribution in [3.8, 4) is 0 Å². The van der Waals surface area contributed by atoms with Gasteiger partial charge in [-0.25, -0.2) is 4.39 Å². The van der Waals surface area contributed by atoms with Gasteiger partial charge in [0.1, 0.15) is 5.82 Å². The van der Waals surface area contributed by atoms with Crippen molar-refractivity contribution in [1.82, 2.24) is 0 Å². The van der Waals surface area contributed by atoms with Gasteiger partial charge in [-0.3, -0.25) is 0 Å². The van der Waals surface area contributed by atoms with Crippen LogP contribution in [0.15, 0.2) is 39.3 Å². The molecule has 2 rings (SSSR count). The summed E-state index contributed by atoms with van der Waals surface area (Å²) in [7, 11) is 0. The SMILES string of the molecule is Cc1ccc(CNc2c(Cl)cc(F)cc2Br)cc1Br. The molecule has 0 aliphatic rings. The van der Waals surface area contributed by atoms with Gasteiger partial charge < -0.3 is 5.32 Å². The van der Waals surface area contributed by atoms with E-state index >= 15 is 0 Å². The predicted octanol–water partition coefficient (Wildman–Crippen LogP) is 5.92. The molecule has 0 bridgehead atoms. The fourth-order valence-electron chi connectivity index (χ4n) is 1.65. The molecule has 0 atom stereocenters. The van der Waals surface area contributed by atoms with Crippen LogP contribution in [0.5, 0.6) is 0 Å². The third-order valence-electron chi connectivity index (χ3n) is 2.71. The molecule has 0 heterocycles. The van der Waals surface area contributed by atoms with Gasteiger partial charge in [-0.15, -0.1) is 0 Å². The monoisotopic (exact) mass is 405 g/mol. The zero-order valence-corrected chi connectivity index (χ0v) is 14.0. The van der Waals surface area contributed by atoms with Crippen molar-refractivity contribution >= 4 is 49.1 Å². The Balaban J connectivity index is 2.16. The summed E-state index contributed by atoms with van der Waals surface area (Å²) in [4.78, 5) is 0. The Labute approximate surface area is 133 Å². The molecule has 2 aromatic carbocycles. The lowest BCUT2D eigenvalue weighted by atomic mass is 10.1. The number of hydrogen-bond acceptors (Lipinski definition) is 1. The van der Waals surface area contributed by atoms with Crippen molar-refractivity contribution in [3.63, 3.8) is 0 Å². The topological polar surface area (TPSA) is 12.0 Å². The number of nitrogens with one attached hydrogen (secondary N) is 1. The van der Waals surface area contributed by atoms with E-state index in [2.05, 4.69) is 37.2 Å². The minimum Gasteiger partial charge on any atom is -0.379 e. The Morgan fingerprint density at radius 2 is 1.89 bits per heavy atom. The first kappa shape index (κ1) is 14.8. The highest BCUT2D eigenvalue weighted by Gasteiger charge is 2.08. The Bertz CT molecular complexity index is 593. The maximum absolute atomic E-state index is 13.1. The highest BCUT2D eigenvalue weighted by atomic mass is 79.9. The van der Waals surface area contributed by atoms with E-state index in [1.165, 1.54) is 17.7 Å². The molecular formula is C14H11Br2ClFN. The number of hydrogen-bond donors (Lipinski definition) is 1. The first-order chi connectivity index (χ1) is 8.97. The molecule has 1 nitrogen and oxygen atoms in total. The van der Waals surface area contributed by atoms with Crippen LogP contribution in [0, 0.1) is 12.7 Å². The molecule has 0 aliphatic carbocycles. The second-order valence-electron chi connectivity index (χ2n) is 4.18. The van der Waals surface area contributed by atoms with E-state index in [-0.39, 0.29) is 5.82 Å². The molecule has 0 spiro atoms. The summed E-state index contributed by atoms with van der Waals surface area (Å²) < 4.78 is 14.8. The fraction of sp³-hybridized carbons (Fsp3) is 0.143. The maximum Gasteiger partial charge on any atom is 0.125 e. The van der Waals surface area contributed by atoms with Crippen LogP contribution in [-0.4, -0.2) is 0 Å². The van der Waals surface area contributed by atoms with Gasteiger partial charge in [0, 0.05) is 15.5 Å². The third kappa shape index (κ3) is 3.71. The molecule has 0 fully saturated rings. The van der Waals surface area contributed by atoms with E-state index in [0.717, 1.165) is 10.0 Å². The zero-order chi connectivity index (χ0) is 14.0. The van der Waals surface area contributed by atoms with Crippen molar-refractivity contribution in [3.05, 3.63) is 61.2 Å². The molecule has 0 saturated heterocycles. The van der Waals surface area contributed by atoms with Crippen LogP contribution in [0.1, 0.15) is 11.1 Å². The van der Waals surface area contributed by atoms with Crippen LogP contribution < -0.4 is 5.32 Å². The smallest absolute Gasteiger partial charge is 0.125 e. The highest BCUT2D eigenvalue weighted by Crippen LogP contribution is 2.32. The van der Waals surface area contributed by atoms with Gasteiger partial charge in [0.25, 0.3) is 0 Å². The van der Waals surface area contributed by atoms with Gasteiger partial charge in [-0.2, -0.15) is 0 Å². The molecule has 2 aromatic rings. The van der Waals surface area contributed by atoms with Crippen molar-refractivity contribution in [1.29, 1.82) is 0 Å². The molecule has 0 saturated carbocycles. The Morgan fingerprint density at radius 3 is 2.53 bits per heavy atom. The molecule has 0 amide bonds. The largest absolute Gasteiger partial charge is 0.379 e. The van der Waals surface area contributed by atoms with E-state index in [1.807, 2.05) is 25.1 Å². The lowest BCUT2D eigenvalue weighted by Gasteiger charge is -2.11. The number of halogens is 4. The zero-order valence-electron chi connectivity index (χ0n) is 10.1. The van der Waals surface area contributed by atoms with E-state index < -0.39 is 0 Å². The Morgan fingerprint density at radius 1 is 1.16 bits per heavy atom. The number of benzene rings is 2. The van der Waals surface area contributed by atoms with Gasteiger partial charge in [0.05, 0.1) is 10.7 Å². The van der Waals surface area contributed by atoms with Gasteiger partial charge >= 0.3 is 0 Å². The Kier molecular flexibility index (Phi) is 4.87. The van der Waals surface area contributed by atoms with Crippen LogP contribution in [0.25, 0.3) is 0 Å². The molecule has 0 unspecified atom stereocenters. The van der Waals surface area contributed by atoms with E-state index in [0.29, 0.717) is 21.7 Å². The second-order valence-corrected chi connectivity index (χ2v) is 6.30. The highest BCUT2D eigenvalue weighted by molar-refractivity contribution is 9.10. The van der Waals surface area contributed by atoms with Gasteiger partial charge in [0.15, 0.2) is 0 Å². The summed E-state index contributed by atoms with van der Waals surface area (Å²) in [5.41, 5.74) is 2.99. The van der Waals surface area contributed by atoms with Crippen LogP contribution in [0.4, 0.5) is 10.1 Å². The van der Waals surface area contributed by atoms with Crippen LogP contribution >= 0.6 is 43.5 Å². The molecule has 19 heavy (non-hydrogen) atoms. The van der Waals surface area contributed by atoms with Crippen molar-refractivity contribution < 1.29 is 4.39 Å². The van der Waals surface area contributed by atoms with Crippen molar-refractivity contribution in [2.24, 2.45) is 0 Å². The summed E-state index contributed by atoms with van der Waals surface area (Å²) in [5, 5.41) is 3.56. The first-order valence-corrected chi connectivity index (χ1v) is 7.57. The number of aryl methyl sites for hydroxylation is 1. The molecule has 0 radical (unpaired) electrons. The summed E-state index contributed by atoms with van der Waals surface area (Å²) in [5.74, 6) is -0.361. The van der Waals surface area contributed by atoms with Gasteiger partial charge in [-0.1, -0.05) is 39.7 Å². The minimum atomic E-state index is -0.361. The molecule has 0 aromatic heterocycles. The van der Waals surface area contributed by atoms with Crippen LogP contribution in [0.3, 0.4) is 0 Å². The standard InChI is InChI=1S/C14H11Br2ClFN/c1-8-2-3-9(4-11(8)15)7-19-14-12(16)5-10(18)6-13(14)17/h2-6,19H,7H2,1H3. The lowest BCUT2D eigenvalue weighted by Crippen LogP contribution is -2.01. The summed E-state index contributed by atoms with van der Waals surface area (Å²) in [6, 6.07) is 8.81. The van der Waals surface area contributed by atoms with Crippen LogP contribution in [0.2, 0.25) is 5.02 Å². The molecule has 0 aliphatic heterocycles. The molecular weight excluding hydrogens is 396 g/mol. The minimum absolute atomic E-state index is 0.359. The summed E-state index contributed by atoms with van der Waals surface area (Å²) in [6.45, 7) is 2.65. The van der Waals surface area contributed by atoms with Crippen molar-refractivity contribution in [2.75, 3.05) is 5.32 Å². The van der Waals surface area contributed by atoms with Crippen molar-refractivity contribution in [2.45, 2.75) is 13.5 Å². The number of anilines is 1. The average Bonchev–Trinajstić information content (AvgIpc) is 2.32. The normalized spacial score (nSPS) is 10.6. The quantitative estimate of drug-likeness (QED) is 0.665. The number of rotatable bonds is 3. The summed E-state index contributed by atoms with van der Waals surface area (Å²) in [6.07, 6.45) is 0. The second kappa shape index (κ2) is 6.25. The maximum atomic E-state index is 13.1. The summed E-state index contributed by atoms with van der Waals surface area (Å²) >= 11 is 12.8. The first-order valence-electron chi connectivity index (χ1n) is 5.61. The van der Waals surface area contributed by atoms with Crippen LogP contribution in [-0.2, 0) is 6.54 Å². The molecule has 1 N–H and O–H groups in total.